The molecule has 0 radical (unpaired) electrons. The predicted molar refractivity (Wildman–Crippen MR) is 115 cm³/mol. The molecule has 6 nitrogen and oxygen atoms in total. The van der Waals surface area contributed by atoms with Crippen molar-refractivity contribution in [1.82, 2.24) is 5.32 Å². The van der Waals surface area contributed by atoms with Gasteiger partial charge in [-0.3, -0.25) is 9.59 Å². The number of anilines is 1. The van der Waals surface area contributed by atoms with Crippen LogP contribution in [0.25, 0.3) is 0 Å². The van der Waals surface area contributed by atoms with Crippen molar-refractivity contribution in [3.8, 4) is 0 Å². The van der Waals surface area contributed by atoms with Crippen LogP contribution in [0.1, 0.15) is 20.7 Å². The van der Waals surface area contributed by atoms with Crippen LogP contribution >= 0.6 is 34.8 Å². The molecule has 154 valence electrons. The van der Waals surface area contributed by atoms with E-state index in [-0.39, 0.29) is 22.1 Å². The highest BCUT2D eigenvalue weighted by Crippen LogP contribution is 2.25. The normalized spacial score (nSPS) is 14.4. The fourth-order valence-corrected chi connectivity index (χ4v) is 3.70. The maximum absolute atomic E-state index is 12.7. The Balaban J connectivity index is 1.68. The lowest BCUT2D eigenvalue weighted by Gasteiger charge is -2.23. The molecule has 2 amide bonds. The van der Waals surface area contributed by atoms with E-state index in [1.54, 1.807) is 18.2 Å². The number of ether oxygens (including phenoxy) is 1. The van der Waals surface area contributed by atoms with Gasteiger partial charge in [0.2, 0.25) is 0 Å². The topological polar surface area (TPSA) is 71.9 Å². The smallest absolute Gasteiger partial charge is 0.257 e. The van der Waals surface area contributed by atoms with E-state index in [1.165, 1.54) is 23.1 Å². The third kappa shape index (κ3) is 6.07. The molecule has 3 rings (SSSR count). The van der Waals surface area contributed by atoms with Crippen LogP contribution < -0.4 is 15.5 Å². The summed E-state index contributed by atoms with van der Waals surface area (Å²) in [6.07, 6.45) is 0. The van der Waals surface area contributed by atoms with Gasteiger partial charge in [-0.25, -0.2) is 0 Å². The molecule has 9 heteroatoms. The summed E-state index contributed by atoms with van der Waals surface area (Å²) in [5.41, 5.74) is 0.892. The molecule has 0 unspecified atom stereocenters. The molecule has 3 N–H and O–H groups in total. The molecule has 0 aliphatic carbocycles. The Morgan fingerprint density at radius 1 is 0.931 bits per heavy atom. The summed E-state index contributed by atoms with van der Waals surface area (Å²) < 4.78 is 5.33. The zero-order chi connectivity index (χ0) is 20.8. The van der Waals surface area contributed by atoms with Crippen LogP contribution in [0.15, 0.2) is 36.4 Å². The second-order valence-corrected chi connectivity index (χ2v) is 7.92. The quantitative estimate of drug-likeness (QED) is 0.624. The zero-order valence-corrected chi connectivity index (χ0v) is 17.8. The molecule has 1 aliphatic rings. The molecule has 29 heavy (non-hydrogen) atoms. The van der Waals surface area contributed by atoms with E-state index in [0.29, 0.717) is 22.3 Å². The standard InChI is InChI=1S/C20H20Cl3N3O3/c21-13-2-4-18(25-20(28)15-3-1-14(22)12-17(15)23)16(11-13)19(27)24-5-6-26-7-9-29-10-8-26/h1-4,11-12H,5-10H2,(H,24,27)(H,25,28)/p+1. The summed E-state index contributed by atoms with van der Waals surface area (Å²) in [6, 6.07) is 9.31. The van der Waals surface area contributed by atoms with Gasteiger partial charge in [-0.05, 0) is 36.4 Å². The first kappa shape index (κ1) is 21.9. The number of hydrogen-bond donors (Lipinski definition) is 3. The first-order chi connectivity index (χ1) is 13.9. The lowest BCUT2D eigenvalue weighted by atomic mass is 10.1. The van der Waals surface area contributed by atoms with Gasteiger partial charge in [-0.1, -0.05) is 34.8 Å². The average Bonchev–Trinajstić information content (AvgIpc) is 2.70. The number of halogens is 3. The van der Waals surface area contributed by atoms with Crippen LogP contribution in [-0.2, 0) is 4.74 Å². The summed E-state index contributed by atoms with van der Waals surface area (Å²) in [5.74, 6) is -0.751. The number of carbonyl (C=O) groups is 2. The summed E-state index contributed by atoms with van der Waals surface area (Å²) >= 11 is 18.0. The Morgan fingerprint density at radius 3 is 2.34 bits per heavy atom. The van der Waals surface area contributed by atoms with Gasteiger partial charge in [0.25, 0.3) is 11.8 Å². The van der Waals surface area contributed by atoms with Crippen LogP contribution in [0.5, 0.6) is 0 Å². The molecular weight excluding hydrogens is 437 g/mol. The Hall–Kier alpha value is -1.83. The van der Waals surface area contributed by atoms with Crippen LogP contribution in [-0.4, -0.2) is 51.2 Å². The first-order valence-corrected chi connectivity index (χ1v) is 10.3. The number of rotatable bonds is 6. The van der Waals surface area contributed by atoms with E-state index in [4.69, 9.17) is 39.5 Å². The largest absolute Gasteiger partial charge is 0.370 e. The van der Waals surface area contributed by atoms with E-state index in [2.05, 4.69) is 10.6 Å². The number of amides is 2. The van der Waals surface area contributed by atoms with Crippen molar-refractivity contribution in [3.05, 3.63) is 62.6 Å². The molecule has 1 saturated heterocycles. The average molecular weight is 458 g/mol. The highest BCUT2D eigenvalue weighted by Gasteiger charge is 2.18. The lowest BCUT2D eigenvalue weighted by molar-refractivity contribution is -0.906. The predicted octanol–water partition coefficient (Wildman–Crippen LogP) is 2.54. The number of carbonyl (C=O) groups excluding carboxylic acids is 2. The van der Waals surface area contributed by atoms with E-state index >= 15 is 0 Å². The minimum absolute atomic E-state index is 0.225. The van der Waals surface area contributed by atoms with E-state index in [1.807, 2.05) is 0 Å². The van der Waals surface area contributed by atoms with Crippen molar-refractivity contribution in [2.24, 2.45) is 0 Å². The highest BCUT2D eigenvalue weighted by molar-refractivity contribution is 6.37. The van der Waals surface area contributed by atoms with Crippen molar-refractivity contribution >= 4 is 52.3 Å². The molecule has 0 saturated carbocycles. The molecular formula is C20H21Cl3N3O3+. The maximum atomic E-state index is 12.7. The van der Waals surface area contributed by atoms with Crippen molar-refractivity contribution in [2.45, 2.75) is 0 Å². The van der Waals surface area contributed by atoms with Crippen LogP contribution in [0.4, 0.5) is 5.69 Å². The Kier molecular flexibility index (Phi) is 7.75. The van der Waals surface area contributed by atoms with Gasteiger partial charge in [-0.2, -0.15) is 0 Å². The van der Waals surface area contributed by atoms with Crippen LogP contribution in [0.3, 0.4) is 0 Å². The number of nitrogens with one attached hydrogen (secondary N) is 3. The number of quaternary nitrogens is 1. The van der Waals surface area contributed by atoms with Gasteiger partial charge in [-0.15, -0.1) is 0 Å². The second kappa shape index (κ2) is 10.3. The summed E-state index contributed by atoms with van der Waals surface area (Å²) in [4.78, 5) is 26.7. The zero-order valence-electron chi connectivity index (χ0n) is 15.6. The van der Waals surface area contributed by atoms with Gasteiger partial charge in [0.15, 0.2) is 0 Å². The van der Waals surface area contributed by atoms with Crippen LogP contribution in [0.2, 0.25) is 15.1 Å². The molecule has 1 heterocycles. The van der Waals surface area contributed by atoms with Gasteiger partial charge in [0, 0.05) is 10.0 Å². The van der Waals surface area contributed by atoms with Gasteiger partial charge < -0.3 is 20.3 Å². The van der Waals surface area contributed by atoms with Crippen molar-refractivity contribution in [2.75, 3.05) is 44.7 Å². The number of hydrogen-bond acceptors (Lipinski definition) is 3. The minimum Gasteiger partial charge on any atom is -0.370 e. The fraction of sp³-hybridized carbons (Fsp3) is 0.300. The van der Waals surface area contributed by atoms with Gasteiger partial charge in [0.05, 0.1) is 48.1 Å². The van der Waals surface area contributed by atoms with Crippen molar-refractivity contribution < 1.29 is 19.2 Å². The Labute approximate surface area is 184 Å². The third-order valence-corrected chi connectivity index (χ3v) is 5.40. The maximum Gasteiger partial charge on any atom is 0.257 e. The van der Waals surface area contributed by atoms with Gasteiger partial charge >= 0.3 is 0 Å². The molecule has 0 atom stereocenters. The Bertz CT molecular complexity index is 902. The fourth-order valence-electron chi connectivity index (χ4n) is 3.03. The van der Waals surface area contributed by atoms with Crippen molar-refractivity contribution in [3.63, 3.8) is 0 Å². The minimum atomic E-state index is -0.444. The summed E-state index contributed by atoms with van der Waals surface area (Å²) in [7, 11) is 0. The molecule has 0 bridgehead atoms. The van der Waals surface area contributed by atoms with E-state index in [9.17, 15) is 9.59 Å². The number of morpholine rings is 1. The highest BCUT2D eigenvalue weighted by atomic mass is 35.5. The molecule has 0 aromatic heterocycles. The van der Waals surface area contributed by atoms with E-state index < -0.39 is 5.91 Å². The lowest BCUT2D eigenvalue weighted by Crippen LogP contribution is -3.14. The van der Waals surface area contributed by atoms with Crippen LogP contribution in [0, 0.1) is 0 Å². The molecule has 1 aliphatic heterocycles. The summed E-state index contributed by atoms with van der Waals surface area (Å²) in [6.45, 7) is 4.64. The third-order valence-electron chi connectivity index (χ3n) is 4.61. The number of benzene rings is 2. The SMILES string of the molecule is O=C(Nc1ccc(Cl)cc1C(=O)NCC[NH+]1CCOCC1)c1ccc(Cl)cc1Cl. The molecule has 1 fully saturated rings. The van der Waals surface area contributed by atoms with Gasteiger partial charge in [0.1, 0.15) is 13.1 Å². The van der Waals surface area contributed by atoms with Crippen molar-refractivity contribution in [1.29, 1.82) is 0 Å². The van der Waals surface area contributed by atoms with E-state index in [0.717, 1.165) is 32.8 Å². The Morgan fingerprint density at radius 2 is 1.62 bits per heavy atom. The molecule has 2 aromatic carbocycles. The second-order valence-electron chi connectivity index (χ2n) is 6.64. The monoisotopic (exact) mass is 456 g/mol. The summed E-state index contributed by atoms with van der Waals surface area (Å²) in [5, 5.41) is 6.68. The first-order valence-electron chi connectivity index (χ1n) is 9.19. The molecule has 0 spiro atoms. The molecule has 2 aromatic rings.